The largest absolute Gasteiger partial charge is 0.324 e. The average molecular weight is 379 g/mol. The number of carbonyl (C=O) groups is 3. The average Bonchev–Trinajstić information content (AvgIpc) is 2.87. The maximum atomic E-state index is 12.4. The summed E-state index contributed by atoms with van der Waals surface area (Å²) in [5.41, 5.74) is 4.94. The minimum absolute atomic E-state index is 0.125. The van der Waals surface area contributed by atoms with Crippen molar-refractivity contribution < 1.29 is 14.4 Å². The van der Waals surface area contributed by atoms with Gasteiger partial charge in [0.15, 0.2) is 0 Å². The van der Waals surface area contributed by atoms with Crippen molar-refractivity contribution in [1.82, 2.24) is 9.80 Å². The van der Waals surface area contributed by atoms with E-state index >= 15 is 0 Å². The number of anilines is 1. The van der Waals surface area contributed by atoms with E-state index in [-0.39, 0.29) is 30.8 Å². The maximum absolute atomic E-state index is 12.4. The molecule has 0 atom stereocenters. The molecule has 1 heterocycles. The van der Waals surface area contributed by atoms with E-state index < -0.39 is 0 Å². The predicted octanol–water partition coefficient (Wildman–Crippen LogP) is 2.78. The van der Waals surface area contributed by atoms with Gasteiger partial charge >= 0.3 is 0 Å². The van der Waals surface area contributed by atoms with E-state index in [4.69, 9.17) is 0 Å². The molecule has 0 saturated heterocycles. The van der Waals surface area contributed by atoms with E-state index in [0.29, 0.717) is 17.7 Å². The van der Waals surface area contributed by atoms with Crippen molar-refractivity contribution in [3.63, 3.8) is 0 Å². The summed E-state index contributed by atoms with van der Waals surface area (Å²) in [6, 6.07) is 10.9. The third kappa shape index (κ3) is 3.97. The molecule has 3 amide bonds. The van der Waals surface area contributed by atoms with Gasteiger partial charge in [-0.05, 0) is 51.1 Å². The second-order valence-electron chi connectivity index (χ2n) is 7.37. The van der Waals surface area contributed by atoms with Crippen LogP contribution >= 0.6 is 0 Å². The molecule has 6 heteroatoms. The molecule has 146 valence electrons. The van der Waals surface area contributed by atoms with Crippen molar-refractivity contribution in [1.29, 1.82) is 0 Å². The Morgan fingerprint density at radius 3 is 2.07 bits per heavy atom. The first kappa shape index (κ1) is 19.8. The number of aryl methyl sites for hydroxylation is 3. The fraction of sp³-hybridized carbons (Fsp3) is 0.318. The number of nitrogens with one attached hydrogen (secondary N) is 1. The Balaban J connectivity index is 1.55. The Morgan fingerprint density at radius 2 is 1.54 bits per heavy atom. The highest BCUT2D eigenvalue weighted by molar-refractivity contribution is 6.21. The highest BCUT2D eigenvalue weighted by atomic mass is 16.2. The molecule has 1 aliphatic heterocycles. The number of carbonyl (C=O) groups excluding carboxylic acids is 3. The molecule has 2 aromatic rings. The number of imide groups is 1. The molecule has 2 aromatic carbocycles. The molecular formula is C22H25N3O3. The summed E-state index contributed by atoms with van der Waals surface area (Å²) in [6.07, 6.45) is 0. The van der Waals surface area contributed by atoms with E-state index in [0.717, 1.165) is 22.4 Å². The zero-order chi connectivity index (χ0) is 20.4. The number of amides is 3. The van der Waals surface area contributed by atoms with Crippen LogP contribution in [-0.2, 0) is 4.79 Å². The van der Waals surface area contributed by atoms with Gasteiger partial charge in [-0.1, -0.05) is 29.8 Å². The molecule has 1 N–H and O–H groups in total. The van der Waals surface area contributed by atoms with E-state index in [1.807, 2.05) is 32.9 Å². The number of benzene rings is 2. The number of nitrogens with zero attached hydrogens (tertiary/aromatic N) is 2. The first-order valence-electron chi connectivity index (χ1n) is 9.29. The van der Waals surface area contributed by atoms with Crippen LogP contribution in [0.3, 0.4) is 0 Å². The van der Waals surface area contributed by atoms with Crippen LogP contribution in [0.15, 0.2) is 36.4 Å². The molecule has 6 nitrogen and oxygen atoms in total. The van der Waals surface area contributed by atoms with Crippen molar-refractivity contribution in [2.45, 2.75) is 20.8 Å². The smallest absolute Gasteiger partial charge is 0.261 e. The van der Waals surface area contributed by atoms with Gasteiger partial charge in [-0.2, -0.15) is 0 Å². The summed E-state index contributed by atoms with van der Waals surface area (Å²) in [5, 5.41) is 2.97. The van der Waals surface area contributed by atoms with Gasteiger partial charge in [0, 0.05) is 18.8 Å². The molecule has 1 aliphatic rings. The summed E-state index contributed by atoms with van der Waals surface area (Å²) in [4.78, 5) is 40.2. The Morgan fingerprint density at radius 1 is 1.00 bits per heavy atom. The summed E-state index contributed by atoms with van der Waals surface area (Å²) in [6.45, 7) is 6.82. The van der Waals surface area contributed by atoms with Crippen LogP contribution in [0.4, 0.5) is 5.69 Å². The van der Waals surface area contributed by atoms with Crippen molar-refractivity contribution in [3.8, 4) is 0 Å². The molecular weight excluding hydrogens is 354 g/mol. The number of hydrogen-bond acceptors (Lipinski definition) is 4. The molecule has 0 radical (unpaired) electrons. The van der Waals surface area contributed by atoms with E-state index in [1.54, 1.807) is 36.2 Å². The normalized spacial score (nSPS) is 13.2. The monoisotopic (exact) mass is 379 g/mol. The lowest BCUT2D eigenvalue weighted by Crippen LogP contribution is -2.39. The lowest BCUT2D eigenvalue weighted by Gasteiger charge is -2.21. The third-order valence-corrected chi connectivity index (χ3v) is 4.94. The minimum atomic E-state index is -0.274. The second kappa shape index (κ2) is 7.94. The van der Waals surface area contributed by atoms with Crippen molar-refractivity contribution in [2.75, 3.05) is 32.0 Å². The van der Waals surface area contributed by atoms with Gasteiger partial charge in [-0.3, -0.25) is 24.2 Å². The molecule has 0 saturated carbocycles. The number of fused-ring (bicyclic) bond motifs is 1. The highest BCUT2D eigenvalue weighted by Crippen LogP contribution is 2.23. The number of rotatable bonds is 6. The molecule has 0 fully saturated rings. The number of likely N-dealkylation sites (N-methyl/N-ethyl adjacent to an activating group) is 1. The predicted molar refractivity (Wildman–Crippen MR) is 109 cm³/mol. The van der Waals surface area contributed by atoms with Crippen LogP contribution in [-0.4, -0.2) is 54.2 Å². The molecule has 0 aliphatic carbocycles. The van der Waals surface area contributed by atoms with Crippen molar-refractivity contribution in [2.24, 2.45) is 0 Å². The fourth-order valence-corrected chi connectivity index (χ4v) is 3.59. The maximum Gasteiger partial charge on any atom is 0.261 e. The van der Waals surface area contributed by atoms with Crippen LogP contribution in [0.1, 0.15) is 37.4 Å². The summed E-state index contributed by atoms with van der Waals surface area (Å²) in [7, 11) is 1.80. The van der Waals surface area contributed by atoms with Gasteiger partial charge in [0.05, 0.1) is 17.7 Å². The molecule has 3 rings (SSSR count). The van der Waals surface area contributed by atoms with Gasteiger partial charge in [0.1, 0.15) is 0 Å². The SMILES string of the molecule is Cc1cc(C)c(NC(=O)CN(C)CCN2C(=O)c3ccccc3C2=O)c(C)c1. The van der Waals surface area contributed by atoms with Gasteiger partial charge < -0.3 is 5.32 Å². The van der Waals surface area contributed by atoms with Gasteiger partial charge in [-0.15, -0.1) is 0 Å². The Labute approximate surface area is 165 Å². The van der Waals surface area contributed by atoms with Crippen molar-refractivity contribution >= 4 is 23.4 Å². The molecule has 0 spiro atoms. The summed E-state index contributed by atoms with van der Waals surface area (Å²) < 4.78 is 0. The first-order valence-corrected chi connectivity index (χ1v) is 9.29. The molecule has 0 unspecified atom stereocenters. The number of hydrogen-bond donors (Lipinski definition) is 1. The highest BCUT2D eigenvalue weighted by Gasteiger charge is 2.34. The molecule has 0 aromatic heterocycles. The van der Waals surface area contributed by atoms with Gasteiger partial charge in [0.2, 0.25) is 5.91 Å². The Kier molecular flexibility index (Phi) is 5.61. The lowest BCUT2D eigenvalue weighted by atomic mass is 10.1. The van der Waals surface area contributed by atoms with Crippen LogP contribution in [0.2, 0.25) is 0 Å². The van der Waals surface area contributed by atoms with Crippen LogP contribution in [0.5, 0.6) is 0 Å². The summed E-state index contributed by atoms with van der Waals surface area (Å²) >= 11 is 0. The molecule has 28 heavy (non-hydrogen) atoms. The van der Waals surface area contributed by atoms with E-state index in [2.05, 4.69) is 5.32 Å². The lowest BCUT2D eigenvalue weighted by molar-refractivity contribution is -0.117. The standard InChI is InChI=1S/C22H25N3O3/c1-14-11-15(2)20(16(3)12-14)23-19(26)13-24(4)9-10-25-21(27)17-7-5-6-8-18(17)22(25)28/h5-8,11-12H,9-10,13H2,1-4H3,(H,23,26). The second-order valence-corrected chi connectivity index (χ2v) is 7.37. The quantitative estimate of drug-likeness (QED) is 0.784. The van der Waals surface area contributed by atoms with E-state index in [9.17, 15) is 14.4 Å². The zero-order valence-electron chi connectivity index (χ0n) is 16.7. The van der Waals surface area contributed by atoms with Crippen LogP contribution in [0.25, 0.3) is 0 Å². The Bertz CT molecular complexity index is 894. The zero-order valence-corrected chi connectivity index (χ0v) is 16.7. The van der Waals surface area contributed by atoms with Gasteiger partial charge in [0.25, 0.3) is 11.8 Å². The molecule has 0 bridgehead atoms. The minimum Gasteiger partial charge on any atom is -0.324 e. The van der Waals surface area contributed by atoms with Crippen LogP contribution < -0.4 is 5.32 Å². The van der Waals surface area contributed by atoms with Crippen LogP contribution in [0, 0.1) is 20.8 Å². The topological polar surface area (TPSA) is 69.7 Å². The fourth-order valence-electron chi connectivity index (χ4n) is 3.59. The Hall–Kier alpha value is -2.99. The van der Waals surface area contributed by atoms with E-state index in [1.165, 1.54) is 4.90 Å². The first-order chi connectivity index (χ1) is 13.3. The summed E-state index contributed by atoms with van der Waals surface area (Å²) in [5.74, 6) is -0.673. The van der Waals surface area contributed by atoms with Gasteiger partial charge in [-0.25, -0.2) is 0 Å². The van der Waals surface area contributed by atoms with Crippen molar-refractivity contribution in [3.05, 3.63) is 64.2 Å². The third-order valence-electron chi connectivity index (χ3n) is 4.94.